The molecule has 0 aromatic heterocycles. The molecular weight excluding hydrogens is 294 g/mol. The Hall–Kier alpha value is -2.69. The smallest absolute Gasteiger partial charge is 0.211 e. The summed E-state index contributed by atoms with van der Waals surface area (Å²) in [5, 5.41) is 2.71. The molecule has 5 nitrogen and oxygen atoms in total. The summed E-state index contributed by atoms with van der Waals surface area (Å²) in [4.78, 5) is 10.9. The van der Waals surface area contributed by atoms with Crippen molar-refractivity contribution >= 4 is 12.1 Å². The summed E-state index contributed by atoms with van der Waals surface area (Å²) in [7, 11) is 3.17. The number of benzene rings is 2. The standard InChI is InChI=1S/C18H21NO4/c1-12(2)23-16-10-18(22-4)17(21-3)9-14(16)13-7-5-6-8-15(13)19-11-20/h5-12H,1-4H3,(H,19,20). The van der Waals surface area contributed by atoms with Gasteiger partial charge in [-0.25, -0.2) is 0 Å². The number of rotatable bonds is 7. The van der Waals surface area contributed by atoms with Crippen molar-refractivity contribution in [1.82, 2.24) is 0 Å². The molecule has 0 unspecified atom stereocenters. The predicted octanol–water partition coefficient (Wildman–Crippen LogP) is 3.73. The van der Waals surface area contributed by atoms with Gasteiger partial charge in [0, 0.05) is 22.9 Å². The van der Waals surface area contributed by atoms with Crippen LogP contribution in [0.3, 0.4) is 0 Å². The lowest BCUT2D eigenvalue weighted by Crippen LogP contribution is -2.07. The quantitative estimate of drug-likeness (QED) is 0.791. The Morgan fingerprint density at radius 2 is 1.61 bits per heavy atom. The van der Waals surface area contributed by atoms with Crippen molar-refractivity contribution in [2.45, 2.75) is 20.0 Å². The van der Waals surface area contributed by atoms with Gasteiger partial charge in [-0.3, -0.25) is 4.79 Å². The molecule has 1 N–H and O–H groups in total. The summed E-state index contributed by atoms with van der Waals surface area (Å²) < 4.78 is 16.7. The van der Waals surface area contributed by atoms with E-state index in [1.807, 2.05) is 44.2 Å². The molecule has 0 heterocycles. The van der Waals surface area contributed by atoms with Crippen LogP contribution in [0.1, 0.15) is 13.8 Å². The van der Waals surface area contributed by atoms with E-state index in [-0.39, 0.29) is 6.10 Å². The summed E-state index contributed by atoms with van der Waals surface area (Å²) in [5.74, 6) is 1.85. The van der Waals surface area contributed by atoms with Crippen LogP contribution in [-0.4, -0.2) is 26.7 Å². The first kappa shape index (κ1) is 16.7. The van der Waals surface area contributed by atoms with Gasteiger partial charge in [0.15, 0.2) is 11.5 Å². The number of para-hydroxylation sites is 1. The third kappa shape index (κ3) is 3.74. The molecule has 0 saturated heterocycles. The van der Waals surface area contributed by atoms with Gasteiger partial charge in [-0.15, -0.1) is 0 Å². The highest BCUT2D eigenvalue weighted by Crippen LogP contribution is 2.42. The van der Waals surface area contributed by atoms with Crippen molar-refractivity contribution in [3.8, 4) is 28.4 Å². The molecule has 2 rings (SSSR count). The zero-order chi connectivity index (χ0) is 16.8. The molecule has 2 aromatic rings. The van der Waals surface area contributed by atoms with Crippen LogP contribution in [0.25, 0.3) is 11.1 Å². The topological polar surface area (TPSA) is 56.8 Å². The maximum atomic E-state index is 10.9. The maximum Gasteiger partial charge on any atom is 0.211 e. The van der Waals surface area contributed by atoms with Gasteiger partial charge in [0.25, 0.3) is 0 Å². The summed E-state index contributed by atoms with van der Waals surface area (Å²) in [6, 6.07) is 11.2. The molecule has 2 aromatic carbocycles. The van der Waals surface area contributed by atoms with Crippen LogP contribution in [0.2, 0.25) is 0 Å². The average molecular weight is 315 g/mol. The predicted molar refractivity (Wildman–Crippen MR) is 90.4 cm³/mol. The molecule has 5 heteroatoms. The summed E-state index contributed by atoms with van der Waals surface area (Å²) in [6.07, 6.45) is 0.654. The number of carbonyl (C=O) groups excluding carboxylic acids is 1. The average Bonchev–Trinajstić information content (AvgIpc) is 2.55. The van der Waals surface area contributed by atoms with Crippen molar-refractivity contribution in [1.29, 1.82) is 0 Å². The molecule has 0 spiro atoms. The second-order valence-corrected chi connectivity index (χ2v) is 5.18. The minimum Gasteiger partial charge on any atom is -0.493 e. The van der Waals surface area contributed by atoms with E-state index in [0.29, 0.717) is 29.3 Å². The highest BCUT2D eigenvalue weighted by molar-refractivity contribution is 5.88. The van der Waals surface area contributed by atoms with E-state index in [1.54, 1.807) is 20.3 Å². The van der Waals surface area contributed by atoms with Gasteiger partial charge in [-0.05, 0) is 26.0 Å². The van der Waals surface area contributed by atoms with Crippen LogP contribution < -0.4 is 19.5 Å². The van der Waals surface area contributed by atoms with Gasteiger partial charge < -0.3 is 19.5 Å². The van der Waals surface area contributed by atoms with Gasteiger partial charge in [0.2, 0.25) is 6.41 Å². The molecule has 0 bridgehead atoms. The van der Waals surface area contributed by atoms with Crippen molar-refractivity contribution in [3.05, 3.63) is 36.4 Å². The van der Waals surface area contributed by atoms with E-state index in [1.165, 1.54) is 0 Å². The largest absolute Gasteiger partial charge is 0.493 e. The Labute approximate surface area is 136 Å². The molecule has 1 amide bonds. The number of hydrogen-bond donors (Lipinski definition) is 1. The fourth-order valence-electron chi connectivity index (χ4n) is 2.33. The molecule has 23 heavy (non-hydrogen) atoms. The van der Waals surface area contributed by atoms with E-state index in [2.05, 4.69) is 5.32 Å². The van der Waals surface area contributed by atoms with E-state index in [9.17, 15) is 4.79 Å². The third-order valence-electron chi connectivity index (χ3n) is 3.28. The Bertz CT molecular complexity index is 683. The van der Waals surface area contributed by atoms with Gasteiger partial charge in [-0.1, -0.05) is 18.2 Å². The van der Waals surface area contributed by atoms with Crippen LogP contribution in [0, 0.1) is 0 Å². The second-order valence-electron chi connectivity index (χ2n) is 5.18. The molecule has 0 aliphatic heterocycles. The van der Waals surface area contributed by atoms with Crippen LogP contribution >= 0.6 is 0 Å². The molecule has 0 atom stereocenters. The number of methoxy groups -OCH3 is 2. The lowest BCUT2D eigenvalue weighted by atomic mass is 10.0. The molecule has 0 fully saturated rings. The van der Waals surface area contributed by atoms with Gasteiger partial charge in [0.1, 0.15) is 5.75 Å². The number of ether oxygens (including phenoxy) is 3. The van der Waals surface area contributed by atoms with Gasteiger partial charge in [-0.2, -0.15) is 0 Å². The van der Waals surface area contributed by atoms with Crippen molar-refractivity contribution < 1.29 is 19.0 Å². The highest BCUT2D eigenvalue weighted by Gasteiger charge is 2.17. The second kappa shape index (κ2) is 7.54. The van der Waals surface area contributed by atoms with E-state index >= 15 is 0 Å². The summed E-state index contributed by atoms with van der Waals surface area (Å²) >= 11 is 0. The first-order chi connectivity index (χ1) is 11.1. The fraction of sp³-hybridized carbons (Fsp3) is 0.278. The Morgan fingerprint density at radius 1 is 0.957 bits per heavy atom. The Morgan fingerprint density at radius 3 is 2.22 bits per heavy atom. The Kier molecular flexibility index (Phi) is 5.46. The number of nitrogens with one attached hydrogen (secondary N) is 1. The molecule has 0 saturated carbocycles. The van der Waals surface area contributed by atoms with Crippen LogP contribution in [-0.2, 0) is 4.79 Å². The SMILES string of the molecule is COc1cc(OC(C)C)c(-c2ccccc2NC=O)cc1OC. The number of hydrogen-bond acceptors (Lipinski definition) is 4. The van der Waals surface area contributed by atoms with Crippen molar-refractivity contribution in [2.75, 3.05) is 19.5 Å². The van der Waals surface area contributed by atoms with Crippen molar-refractivity contribution in [2.24, 2.45) is 0 Å². The lowest BCUT2D eigenvalue weighted by molar-refractivity contribution is -0.105. The lowest BCUT2D eigenvalue weighted by Gasteiger charge is -2.19. The Balaban J connectivity index is 2.66. The van der Waals surface area contributed by atoms with Crippen LogP contribution in [0.15, 0.2) is 36.4 Å². The summed E-state index contributed by atoms with van der Waals surface area (Å²) in [5.41, 5.74) is 2.36. The number of amides is 1. The minimum atomic E-state index is -0.00181. The molecule has 122 valence electrons. The third-order valence-corrected chi connectivity index (χ3v) is 3.28. The number of carbonyl (C=O) groups is 1. The fourth-order valence-corrected chi connectivity index (χ4v) is 2.33. The zero-order valence-electron chi connectivity index (χ0n) is 13.8. The van der Waals surface area contributed by atoms with Crippen LogP contribution in [0.5, 0.6) is 17.2 Å². The van der Waals surface area contributed by atoms with E-state index in [0.717, 1.165) is 11.1 Å². The monoisotopic (exact) mass is 315 g/mol. The molecular formula is C18H21NO4. The minimum absolute atomic E-state index is 0.00181. The highest BCUT2D eigenvalue weighted by atomic mass is 16.5. The molecule has 0 aliphatic rings. The van der Waals surface area contributed by atoms with Crippen LogP contribution in [0.4, 0.5) is 5.69 Å². The van der Waals surface area contributed by atoms with E-state index in [4.69, 9.17) is 14.2 Å². The van der Waals surface area contributed by atoms with Crippen molar-refractivity contribution in [3.63, 3.8) is 0 Å². The van der Waals surface area contributed by atoms with E-state index < -0.39 is 0 Å². The zero-order valence-corrected chi connectivity index (χ0v) is 13.8. The van der Waals surface area contributed by atoms with Gasteiger partial charge in [0.05, 0.1) is 20.3 Å². The van der Waals surface area contributed by atoms with Gasteiger partial charge >= 0.3 is 0 Å². The molecule has 0 radical (unpaired) electrons. The molecule has 0 aliphatic carbocycles. The number of anilines is 1. The summed E-state index contributed by atoms with van der Waals surface area (Å²) in [6.45, 7) is 3.91. The maximum absolute atomic E-state index is 10.9. The first-order valence-electron chi connectivity index (χ1n) is 7.33. The normalized spacial score (nSPS) is 10.3. The first-order valence-corrected chi connectivity index (χ1v) is 7.33.